The SMILES string of the molecule is Cn1cc(C(=O)NNC(=O)C2CCN(S(C)(=O)=O)CC2)c2ccccc21. The highest BCUT2D eigenvalue weighted by atomic mass is 32.2. The summed E-state index contributed by atoms with van der Waals surface area (Å²) in [5.41, 5.74) is 6.33. The Morgan fingerprint density at radius 1 is 1.12 bits per heavy atom. The van der Waals surface area contributed by atoms with Crippen LogP contribution in [0.2, 0.25) is 0 Å². The molecule has 0 saturated carbocycles. The molecule has 26 heavy (non-hydrogen) atoms. The van der Waals surface area contributed by atoms with Gasteiger partial charge in [-0.1, -0.05) is 18.2 Å². The van der Waals surface area contributed by atoms with Gasteiger partial charge in [-0.05, 0) is 18.9 Å². The largest absolute Gasteiger partial charge is 0.350 e. The number of hydrazine groups is 1. The van der Waals surface area contributed by atoms with E-state index < -0.39 is 10.0 Å². The van der Waals surface area contributed by atoms with Gasteiger partial charge < -0.3 is 4.57 Å². The van der Waals surface area contributed by atoms with E-state index in [4.69, 9.17) is 0 Å². The molecule has 0 aliphatic carbocycles. The van der Waals surface area contributed by atoms with Crippen molar-refractivity contribution in [2.75, 3.05) is 19.3 Å². The molecule has 2 amide bonds. The maximum Gasteiger partial charge on any atom is 0.271 e. The lowest BCUT2D eigenvalue weighted by molar-refractivity contribution is -0.126. The predicted molar refractivity (Wildman–Crippen MR) is 97.7 cm³/mol. The first-order valence-corrected chi connectivity index (χ1v) is 10.2. The van der Waals surface area contributed by atoms with Gasteiger partial charge in [0, 0.05) is 43.2 Å². The lowest BCUT2D eigenvalue weighted by Gasteiger charge is -2.29. The average Bonchev–Trinajstić information content (AvgIpc) is 2.96. The van der Waals surface area contributed by atoms with Crippen molar-refractivity contribution in [1.29, 1.82) is 0 Å². The Morgan fingerprint density at radius 3 is 2.42 bits per heavy atom. The van der Waals surface area contributed by atoms with Gasteiger partial charge in [0.25, 0.3) is 5.91 Å². The molecule has 2 N–H and O–H groups in total. The van der Waals surface area contributed by atoms with Gasteiger partial charge in [-0.3, -0.25) is 20.4 Å². The molecule has 0 unspecified atom stereocenters. The molecule has 1 fully saturated rings. The van der Waals surface area contributed by atoms with Gasteiger partial charge in [0.1, 0.15) is 0 Å². The van der Waals surface area contributed by atoms with Crippen molar-refractivity contribution in [2.24, 2.45) is 13.0 Å². The highest BCUT2D eigenvalue weighted by Crippen LogP contribution is 2.21. The molecule has 0 atom stereocenters. The van der Waals surface area contributed by atoms with E-state index in [0.29, 0.717) is 31.5 Å². The summed E-state index contributed by atoms with van der Waals surface area (Å²) in [6, 6.07) is 7.52. The Balaban J connectivity index is 1.59. The van der Waals surface area contributed by atoms with Crippen molar-refractivity contribution in [3.05, 3.63) is 36.0 Å². The van der Waals surface area contributed by atoms with Crippen LogP contribution in [-0.4, -0.2) is 48.4 Å². The van der Waals surface area contributed by atoms with Crippen LogP contribution in [0.1, 0.15) is 23.2 Å². The number of sulfonamides is 1. The van der Waals surface area contributed by atoms with Crippen molar-refractivity contribution in [2.45, 2.75) is 12.8 Å². The Labute approximate surface area is 152 Å². The Bertz CT molecular complexity index is 943. The molecule has 1 aliphatic rings. The quantitative estimate of drug-likeness (QED) is 0.764. The van der Waals surface area contributed by atoms with E-state index >= 15 is 0 Å². The van der Waals surface area contributed by atoms with Gasteiger partial charge in [0.15, 0.2) is 0 Å². The zero-order chi connectivity index (χ0) is 18.9. The van der Waals surface area contributed by atoms with Gasteiger partial charge in [0.05, 0.1) is 11.8 Å². The van der Waals surface area contributed by atoms with Crippen molar-refractivity contribution in [3.63, 3.8) is 0 Å². The van der Waals surface area contributed by atoms with E-state index in [1.54, 1.807) is 6.20 Å². The maximum absolute atomic E-state index is 12.4. The van der Waals surface area contributed by atoms with Gasteiger partial charge in [-0.25, -0.2) is 12.7 Å². The molecule has 3 rings (SSSR count). The maximum atomic E-state index is 12.4. The van der Waals surface area contributed by atoms with Crippen molar-refractivity contribution < 1.29 is 18.0 Å². The number of aromatic nitrogens is 1. The monoisotopic (exact) mass is 378 g/mol. The number of piperidine rings is 1. The molecule has 140 valence electrons. The third-order valence-electron chi connectivity index (χ3n) is 4.73. The molecule has 0 bridgehead atoms. The first-order valence-electron chi connectivity index (χ1n) is 8.37. The number of nitrogens with one attached hydrogen (secondary N) is 2. The third-order valence-corrected chi connectivity index (χ3v) is 6.04. The number of nitrogens with zero attached hydrogens (tertiary/aromatic N) is 2. The van der Waals surface area contributed by atoms with Crippen molar-refractivity contribution in [1.82, 2.24) is 19.7 Å². The van der Waals surface area contributed by atoms with Crippen molar-refractivity contribution >= 4 is 32.7 Å². The number of hydrogen-bond donors (Lipinski definition) is 2. The molecule has 1 aliphatic heterocycles. The Hall–Kier alpha value is -2.39. The summed E-state index contributed by atoms with van der Waals surface area (Å²) in [5.74, 6) is -1.00. The number of para-hydroxylation sites is 1. The Kier molecular flexibility index (Phi) is 5.01. The van der Waals surface area contributed by atoms with Crippen LogP contribution in [0.4, 0.5) is 0 Å². The summed E-state index contributed by atoms with van der Waals surface area (Å²) in [7, 11) is -1.37. The van der Waals surface area contributed by atoms with Crippen LogP contribution in [0.3, 0.4) is 0 Å². The summed E-state index contributed by atoms with van der Waals surface area (Å²) >= 11 is 0. The fraction of sp³-hybridized carbons (Fsp3) is 0.412. The molecular formula is C17H22N4O4S. The van der Waals surface area contributed by atoms with E-state index in [9.17, 15) is 18.0 Å². The minimum Gasteiger partial charge on any atom is -0.350 e. The lowest BCUT2D eigenvalue weighted by atomic mass is 9.98. The van der Waals surface area contributed by atoms with E-state index in [-0.39, 0.29) is 17.7 Å². The van der Waals surface area contributed by atoms with Crippen LogP contribution in [0.15, 0.2) is 30.5 Å². The van der Waals surface area contributed by atoms with E-state index in [1.807, 2.05) is 35.9 Å². The highest BCUT2D eigenvalue weighted by molar-refractivity contribution is 7.88. The van der Waals surface area contributed by atoms with Gasteiger partial charge >= 0.3 is 0 Å². The highest BCUT2D eigenvalue weighted by Gasteiger charge is 2.29. The zero-order valence-electron chi connectivity index (χ0n) is 14.7. The number of fused-ring (bicyclic) bond motifs is 1. The summed E-state index contributed by atoms with van der Waals surface area (Å²) in [5, 5.41) is 0.809. The second-order valence-electron chi connectivity index (χ2n) is 6.55. The van der Waals surface area contributed by atoms with Crippen LogP contribution in [0, 0.1) is 5.92 Å². The first kappa shape index (κ1) is 18.4. The van der Waals surface area contributed by atoms with Gasteiger partial charge in [-0.15, -0.1) is 0 Å². The molecule has 8 nitrogen and oxygen atoms in total. The molecule has 2 aromatic rings. The van der Waals surface area contributed by atoms with E-state index in [2.05, 4.69) is 10.9 Å². The molecule has 2 heterocycles. The number of hydrogen-bond acceptors (Lipinski definition) is 4. The number of carbonyl (C=O) groups excluding carboxylic acids is 2. The zero-order valence-corrected chi connectivity index (χ0v) is 15.5. The predicted octanol–water partition coefficient (Wildman–Crippen LogP) is 0.611. The standard InChI is InChI=1S/C17H22N4O4S/c1-20-11-14(13-5-3-4-6-15(13)20)17(23)19-18-16(22)12-7-9-21(10-8-12)26(2,24)25/h3-6,11-12H,7-10H2,1-2H3,(H,18,22)(H,19,23). The average molecular weight is 378 g/mol. The molecule has 1 aromatic heterocycles. The van der Waals surface area contributed by atoms with E-state index in [1.165, 1.54) is 4.31 Å². The molecule has 0 radical (unpaired) electrons. The summed E-state index contributed by atoms with van der Waals surface area (Å²) in [6.45, 7) is 0.627. The smallest absolute Gasteiger partial charge is 0.271 e. The molecule has 1 aromatic carbocycles. The lowest BCUT2D eigenvalue weighted by Crippen LogP contribution is -2.48. The van der Waals surface area contributed by atoms with Crippen LogP contribution in [0.25, 0.3) is 10.9 Å². The molecule has 9 heteroatoms. The first-order chi connectivity index (χ1) is 12.3. The van der Waals surface area contributed by atoms with Crippen LogP contribution >= 0.6 is 0 Å². The van der Waals surface area contributed by atoms with Gasteiger partial charge in [0.2, 0.25) is 15.9 Å². The minimum atomic E-state index is -3.23. The van der Waals surface area contributed by atoms with Crippen LogP contribution < -0.4 is 10.9 Å². The van der Waals surface area contributed by atoms with E-state index in [0.717, 1.165) is 17.2 Å². The number of aryl methyl sites for hydroxylation is 1. The third kappa shape index (κ3) is 3.73. The molecule has 1 saturated heterocycles. The van der Waals surface area contributed by atoms with Gasteiger partial charge in [-0.2, -0.15) is 0 Å². The summed E-state index contributed by atoms with van der Waals surface area (Å²) in [4.78, 5) is 24.7. The normalized spacial score (nSPS) is 16.5. The molecule has 0 spiro atoms. The number of carbonyl (C=O) groups is 2. The number of rotatable bonds is 3. The summed E-state index contributed by atoms with van der Waals surface area (Å²) in [6.07, 6.45) is 3.75. The second kappa shape index (κ2) is 7.08. The second-order valence-corrected chi connectivity index (χ2v) is 8.53. The van der Waals surface area contributed by atoms with Crippen LogP contribution in [0.5, 0.6) is 0 Å². The molecular weight excluding hydrogens is 356 g/mol. The number of amides is 2. The topological polar surface area (TPSA) is 101 Å². The summed E-state index contributed by atoms with van der Waals surface area (Å²) < 4.78 is 26.2. The fourth-order valence-corrected chi connectivity index (χ4v) is 4.13. The van der Waals surface area contributed by atoms with Crippen LogP contribution in [-0.2, 0) is 21.9 Å². The van der Waals surface area contributed by atoms with Crippen molar-refractivity contribution in [3.8, 4) is 0 Å². The minimum absolute atomic E-state index is 0.299. The number of benzene rings is 1. The fourth-order valence-electron chi connectivity index (χ4n) is 3.26. The Morgan fingerprint density at radius 2 is 1.77 bits per heavy atom.